The molecule has 6 nitrogen and oxygen atoms in total. The van der Waals surface area contributed by atoms with E-state index in [1.54, 1.807) is 7.11 Å². The number of ether oxygens (including phenoxy) is 1. The van der Waals surface area contributed by atoms with E-state index in [9.17, 15) is 4.79 Å². The molecule has 0 radical (unpaired) electrons. The molecule has 94 valence electrons. The van der Waals surface area contributed by atoms with E-state index in [2.05, 4.69) is 20.5 Å². The van der Waals surface area contributed by atoms with Gasteiger partial charge in [0.05, 0.1) is 6.61 Å². The number of hydrogen-bond donors (Lipinski definition) is 2. The molecule has 2 N–H and O–H groups in total. The number of rotatable bonds is 5. The van der Waals surface area contributed by atoms with E-state index in [1.165, 1.54) is 6.33 Å². The maximum absolute atomic E-state index is 11.7. The molecule has 0 atom stereocenters. The second-order valence-corrected chi connectivity index (χ2v) is 3.72. The Balaban J connectivity index is 2.00. The van der Waals surface area contributed by atoms with Gasteiger partial charge in [0.1, 0.15) is 6.33 Å². The summed E-state index contributed by atoms with van der Waals surface area (Å²) in [6, 6.07) is 7.79. The molecule has 0 unspecified atom stereocenters. The van der Waals surface area contributed by atoms with Crippen molar-refractivity contribution in [2.45, 2.75) is 13.2 Å². The summed E-state index contributed by atoms with van der Waals surface area (Å²) in [6.45, 7) is 0.952. The van der Waals surface area contributed by atoms with Crippen LogP contribution in [0.3, 0.4) is 0 Å². The third-order valence-electron chi connectivity index (χ3n) is 2.49. The van der Waals surface area contributed by atoms with E-state index in [-0.39, 0.29) is 11.7 Å². The van der Waals surface area contributed by atoms with Crippen LogP contribution in [-0.2, 0) is 17.9 Å². The minimum Gasteiger partial charge on any atom is -0.380 e. The molecule has 1 heterocycles. The average Bonchev–Trinajstić information content (AvgIpc) is 2.92. The fourth-order valence-corrected chi connectivity index (χ4v) is 1.60. The first-order valence-corrected chi connectivity index (χ1v) is 5.50. The lowest BCUT2D eigenvalue weighted by Crippen LogP contribution is -2.24. The Bertz CT molecular complexity index is 511. The predicted molar refractivity (Wildman–Crippen MR) is 64.7 cm³/mol. The molecule has 0 aliphatic carbocycles. The largest absolute Gasteiger partial charge is 0.380 e. The highest BCUT2D eigenvalue weighted by Crippen LogP contribution is 2.09. The maximum atomic E-state index is 11.7. The third kappa shape index (κ3) is 2.92. The van der Waals surface area contributed by atoms with E-state index in [1.807, 2.05) is 24.3 Å². The van der Waals surface area contributed by atoms with Gasteiger partial charge < -0.3 is 10.1 Å². The number of H-pyrrole nitrogens is 1. The summed E-state index contributed by atoms with van der Waals surface area (Å²) >= 11 is 0. The van der Waals surface area contributed by atoms with Gasteiger partial charge >= 0.3 is 0 Å². The van der Waals surface area contributed by atoms with Crippen LogP contribution in [0.1, 0.15) is 21.7 Å². The summed E-state index contributed by atoms with van der Waals surface area (Å²) in [5.74, 6) is -0.0704. The minimum atomic E-state index is -0.278. The van der Waals surface area contributed by atoms with Crippen molar-refractivity contribution in [2.75, 3.05) is 7.11 Å². The molecule has 1 aromatic heterocycles. The number of aromatic nitrogens is 3. The normalized spacial score (nSPS) is 10.3. The summed E-state index contributed by atoms with van der Waals surface area (Å²) in [5, 5.41) is 8.92. The number of carbonyl (C=O) groups is 1. The summed E-state index contributed by atoms with van der Waals surface area (Å²) < 4.78 is 5.11. The zero-order chi connectivity index (χ0) is 12.8. The second kappa shape index (κ2) is 5.92. The van der Waals surface area contributed by atoms with E-state index in [4.69, 9.17) is 4.74 Å². The fraction of sp³-hybridized carbons (Fsp3) is 0.250. The van der Waals surface area contributed by atoms with Crippen molar-refractivity contribution < 1.29 is 9.53 Å². The lowest BCUT2D eigenvalue weighted by Gasteiger charge is -2.09. The molecule has 2 rings (SSSR count). The smallest absolute Gasteiger partial charge is 0.288 e. The number of amides is 1. The quantitative estimate of drug-likeness (QED) is 0.820. The SMILES string of the molecule is COCc1ccccc1CNC(=O)c1ncn[nH]1. The van der Waals surface area contributed by atoms with Gasteiger partial charge in [-0.1, -0.05) is 24.3 Å². The van der Waals surface area contributed by atoms with Crippen molar-refractivity contribution in [1.82, 2.24) is 20.5 Å². The zero-order valence-corrected chi connectivity index (χ0v) is 10.0. The first-order chi connectivity index (χ1) is 8.81. The van der Waals surface area contributed by atoms with Gasteiger partial charge in [0, 0.05) is 13.7 Å². The average molecular weight is 246 g/mol. The van der Waals surface area contributed by atoms with Crippen molar-refractivity contribution >= 4 is 5.91 Å². The van der Waals surface area contributed by atoms with Crippen LogP contribution in [-0.4, -0.2) is 28.2 Å². The lowest BCUT2D eigenvalue weighted by molar-refractivity contribution is 0.0940. The molecule has 1 aromatic carbocycles. The van der Waals surface area contributed by atoms with Gasteiger partial charge in [-0.15, -0.1) is 0 Å². The van der Waals surface area contributed by atoms with Crippen LogP contribution in [0.25, 0.3) is 0 Å². The molecule has 0 aliphatic rings. The molecule has 0 saturated heterocycles. The predicted octanol–water partition coefficient (Wildman–Crippen LogP) is 0.881. The fourth-order valence-electron chi connectivity index (χ4n) is 1.60. The zero-order valence-electron chi connectivity index (χ0n) is 10.0. The number of methoxy groups -OCH3 is 1. The number of carbonyl (C=O) groups excluding carboxylic acids is 1. The van der Waals surface area contributed by atoms with E-state index in [0.29, 0.717) is 13.2 Å². The van der Waals surface area contributed by atoms with Gasteiger partial charge in [0.25, 0.3) is 5.91 Å². The van der Waals surface area contributed by atoms with Crippen molar-refractivity contribution in [2.24, 2.45) is 0 Å². The highest BCUT2D eigenvalue weighted by molar-refractivity contribution is 5.90. The Morgan fingerprint density at radius 3 is 2.83 bits per heavy atom. The van der Waals surface area contributed by atoms with Crippen LogP contribution >= 0.6 is 0 Å². The third-order valence-corrected chi connectivity index (χ3v) is 2.49. The first kappa shape index (κ1) is 12.3. The Kier molecular flexibility index (Phi) is 4.03. The first-order valence-electron chi connectivity index (χ1n) is 5.50. The molecule has 0 spiro atoms. The highest BCUT2D eigenvalue weighted by Gasteiger charge is 2.09. The summed E-state index contributed by atoms with van der Waals surface area (Å²) in [6.07, 6.45) is 1.30. The van der Waals surface area contributed by atoms with Gasteiger partial charge in [0.2, 0.25) is 5.82 Å². The minimum absolute atomic E-state index is 0.208. The van der Waals surface area contributed by atoms with Gasteiger partial charge in [-0.05, 0) is 11.1 Å². The highest BCUT2D eigenvalue weighted by atomic mass is 16.5. The Morgan fingerprint density at radius 1 is 1.39 bits per heavy atom. The summed E-state index contributed by atoms with van der Waals surface area (Å²) in [4.78, 5) is 15.5. The van der Waals surface area contributed by atoms with Crippen molar-refractivity contribution in [3.8, 4) is 0 Å². The molecular formula is C12H14N4O2. The Morgan fingerprint density at radius 2 is 2.17 bits per heavy atom. The van der Waals surface area contributed by atoms with Crippen LogP contribution in [0.5, 0.6) is 0 Å². The second-order valence-electron chi connectivity index (χ2n) is 3.72. The molecule has 0 fully saturated rings. The van der Waals surface area contributed by atoms with E-state index in [0.717, 1.165) is 11.1 Å². The van der Waals surface area contributed by atoms with Crippen molar-refractivity contribution in [3.63, 3.8) is 0 Å². The van der Waals surface area contributed by atoms with E-state index >= 15 is 0 Å². The Hall–Kier alpha value is -2.21. The van der Waals surface area contributed by atoms with Gasteiger partial charge in [-0.25, -0.2) is 4.98 Å². The van der Waals surface area contributed by atoms with Crippen LogP contribution in [0.4, 0.5) is 0 Å². The molecule has 0 bridgehead atoms. The van der Waals surface area contributed by atoms with Crippen molar-refractivity contribution in [1.29, 1.82) is 0 Å². The molecule has 0 aliphatic heterocycles. The lowest BCUT2D eigenvalue weighted by atomic mass is 10.1. The number of aromatic amines is 1. The van der Waals surface area contributed by atoms with Gasteiger partial charge in [0.15, 0.2) is 0 Å². The van der Waals surface area contributed by atoms with Gasteiger partial charge in [-0.3, -0.25) is 9.89 Å². The molecule has 2 aromatic rings. The number of hydrogen-bond acceptors (Lipinski definition) is 4. The molecule has 1 amide bonds. The van der Waals surface area contributed by atoms with Crippen LogP contribution < -0.4 is 5.32 Å². The van der Waals surface area contributed by atoms with Crippen LogP contribution in [0.15, 0.2) is 30.6 Å². The molecule has 18 heavy (non-hydrogen) atoms. The maximum Gasteiger partial charge on any atom is 0.288 e. The van der Waals surface area contributed by atoms with Crippen LogP contribution in [0, 0.1) is 0 Å². The summed E-state index contributed by atoms with van der Waals surface area (Å²) in [5.41, 5.74) is 2.07. The van der Waals surface area contributed by atoms with Gasteiger partial charge in [-0.2, -0.15) is 5.10 Å². The number of benzene rings is 1. The Labute approximate surface area is 104 Å². The summed E-state index contributed by atoms with van der Waals surface area (Å²) in [7, 11) is 1.64. The molecule has 6 heteroatoms. The van der Waals surface area contributed by atoms with Crippen molar-refractivity contribution in [3.05, 3.63) is 47.5 Å². The number of nitrogens with one attached hydrogen (secondary N) is 2. The topological polar surface area (TPSA) is 79.9 Å². The van der Waals surface area contributed by atoms with E-state index < -0.39 is 0 Å². The molecular weight excluding hydrogens is 232 g/mol. The number of nitrogens with zero attached hydrogens (tertiary/aromatic N) is 2. The van der Waals surface area contributed by atoms with Crippen LogP contribution in [0.2, 0.25) is 0 Å². The molecule has 0 saturated carbocycles. The monoisotopic (exact) mass is 246 g/mol. The standard InChI is InChI=1S/C12H14N4O2/c1-18-7-10-5-3-2-4-9(10)6-13-12(17)11-14-8-15-16-11/h2-5,8H,6-7H2,1H3,(H,13,17)(H,14,15,16).